The molecule has 0 saturated heterocycles. The van der Waals surface area contributed by atoms with E-state index in [0.29, 0.717) is 12.2 Å². The minimum Gasteiger partial charge on any atom is -0.354 e. The van der Waals surface area contributed by atoms with Crippen LogP contribution in [0.2, 0.25) is 0 Å². The predicted octanol–water partition coefficient (Wildman–Crippen LogP) is 3.87. The van der Waals surface area contributed by atoms with E-state index in [4.69, 9.17) is 0 Å². The third-order valence-electron chi connectivity index (χ3n) is 5.77. The fourth-order valence-electron chi connectivity index (χ4n) is 3.51. The Morgan fingerprint density at radius 3 is 2.17 bits per heavy atom. The number of hydrogen-bond donors (Lipinski definition) is 1. The van der Waals surface area contributed by atoms with Gasteiger partial charge in [-0.15, -0.1) is 0 Å². The van der Waals surface area contributed by atoms with Gasteiger partial charge in [-0.1, -0.05) is 54.0 Å². The van der Waals surface area contributed by atoms with Gasteiger partial charge in [0, 0.05) is 31.7 Å². The van der Waals surface area contributed by atoms with Crippen LogP contribution in [0.15, 0.2) is 46.9 Å². The lowest BCUT2D eigenvalue weighted by Crippen LogP contribution is -2.52. The number of halogens is 1. The van der Waals surface area contributed by atoms with Crippen LogP contribution in [0.4, 0.5) is 5.69 Å². The molecule has 1 atom stereocenters. The maximum Gasteiger partial charge on any atom is 0.304 e. The molecular formula is C26H37BrN4O4S. The smallest absolute Gasteiger partial charge is 0.304 e. The fraction of sp³-hybridized carbons (Fsp3) is 0.462. The van der Waals surface area contributed by atoms with Gasteiger partial charge in [-0.25, -0.2) is 4.31 Å². The molecule has 0 radical (unpaired) electrons. The number of hydrogen-bond acceptors (Lipinski definition) is 4. The van der Waals surface area contributed by atoms with E-state index >= 15 is 0 Å². The number of nitrogens with one attached hydrogen (secondary N) is 1. The highest BCUT2D eigenvalue weighted by atomic mass is 79.9. The standard InChI is InChI=1S/C26H37BrN4O4S/c1-18(2)15-28-26(33)21(5)30(16-22-10-12-23(27)13-11-22)25(32)17-31(36(34,35)29(6)7)24-14-19(3)8-9-20(24)4/h8-14,18,21H,15-17H2,1-7H3,(H,28,33). The van der Waals surface area contributed by atoms with Crippen molar-refractivity contribution >= 4 is 43.6 Å². The largest absolute Gasteiger partial charge is 0.354 e. The van der Waals surface area contributed by atoms with Crippen molar-refractivity contribution in [2.45, 2.75) is 47.2 Å². The summed E-state index contributed by atoms with van der Waals surface area (Å²) in [6.45, 7) is 9.51. The molecule has 0 spiro atoms. The average Bonchev–Trinajstić information content (AvgIpc) is 2.81. The Morgan fingerprint density at radius 1 is 1.00 bits per heavy atom. The lowest BCUT2D eigenvalue weighted by atomic mass is 10.1. The van der Waals surface area contributed by atoms with E-state index in [-0.39, 0.29) is 18.4 Å². The summed E-state index contributed by atoms with van der Waals surface area (Å²) < 4.78 is 29.7. The maximum atomic E-state index is 13.8. The second kappa shape index (κ2) is 12.7. The lowest BCUT2D eigenvalue weighted by Gasteiger charge is -2.33. The van der Waals surface area contributed by atoms with Crippen molar-refractivity contribution in [1.82, 2.24) is 14.5 Å². The molecule has 0 aliphatic rings. The summed E-state index contributed by atoms with van der Waals surface area (Å²) in [5.41, 5.74) is 2.84. The fourth-order valence-corrected chi connectivity index (χ4v) is 4.89. The predicted molar refractivity (Wildman–Crippen MR) is 148 cm³/mol. The molecule has 0 aromatic heterocycles. The summed E-state index contributed by atoms with van der Waals surface area (Å²) in [7, 11) is -1.13. The molecule has 2 aromatic carbocycles. The van der Waals surface area contributed by atoms with Gasteiger partial charge in [0.15, 0.2) is 0 Å². The van der Waals surface area contributed by atoms with Gasteiger partial charge in [-0.2, -0.15) is 12.7 Å². The summed E-state index contributed by atoms with van der Waals surface area (Å²) in [4.78, 5) is 28.1. The third kappa shape index (κ3) is 7.78. The Labute approximate surface area is 224 Å². The van der Waals surface area contributed by atoms with E-state index < -0.39 is 28.7 Å². The van der Waals surface area contributed by atoms with Crippen LogP contribution in [0, 0.1) is 19.8 Å². The topological polar surface area (TPSA) is 90.0 Å². The zero-order valence-corrected chi connectivity index (χ0v) is 24.5. The Balaban J connectivity index is 2.48. The minimum absolute atomic E-state index is 0.158. The summed E-state index contributed by atoms with van der Waals surface area (Å²) in [5.74, 6) is -0.513. The van der Waals surface area contributed by atoms with Crippen LogP contribution < -0.4 is 9.62 Å². The Kier molecular flexibility index (Phi) is 10.5. The van der Waals surface area contributed by atoms with E-state index in [1.165, 1.54) is 19.0 Å². The van der Waals surface area contributed by atoms with Gasteiger partial charge >= 0.3 is 10.2 Å². The number of aryl methyl sites for hydroxylation is 2. The third-order valence-corrected chi connectivity index (χ3v) is 8.10. The van der Waals surface area contributed by atoms with Crippen LogP contribution in [0.5, 0.6) is 0 Å². The van der Waals surface area contributed by atoms with E-state index in [0.717, 1.165) is 29.8 Å². The minimum atomic E-state index is -3.99. The van der Waals surface area contributed by atoms with Crippen molar-refractivity contribution < 1.29 is 18.0 Å². The number of benzene rings is 2. The molecule has 1 N–H and O–H groups in total. The molecule has 1 unspecified atom stereocenters. The first-order valence-corrected chi connectivity index (χ1v) is 14.0. The van der Waals surface area contributed by atoms with Gasteiger partial charge in [-0.3, -0.25) is 9.59 Å². The molecular weight excluding hydrogens is 544 g/mol. The Hall–Kier alpha value is -2.43. The first-order valence-electron chi connectivity index (χ1n) is 11.8. The number of carbonyl (C=O) groups excluding carboxylic acids is 2. The SMILES string of the molecule is Cc1ccc(C)c(N(CC(=O)N(Cc2ccc(Br)cc2)C(C)C(=O)NCC(C)C)S(=O)(=O)N(C)C)c1. The monoisotopic (exact) mass is 580 g/mol. The van der Waals surface area contributed by atoms with Crippen LogP contribution >= 0.6 is 15.9 Å². The highest BCUT2D eigenvalue weighted by molar-refractivity contribution is 9.10. The number of nitrogens with zero attached hydrogens (tertiary/aromatic N) is 3. The zero-order valence-electron chi connectivity index (χ0n) is 22.1. The van der Waals surface area contributed by atoms with Crippen molar-refractivity contribution in [2.24, 2.45) is 5.92 Å². The Morgan fingerprint density at radius 2 is 1.61 bits per heavy atom. The van der Waals surface area contributed by atoms with Gasteiger partial charge in [-0.05, 0) is 61.6 Å². The summed E-state index contributed by atoms with van der Waals surface area (Å²) in [6, 6.07) is 12.1. The van der Waals surface area contributed by atoms with E-state index in [2.05, 4.69) is 21.2 Å². The van der Waals surface area contributed by atoms with Crippen molar-refractivity contribution in [3.8, 4) is 0 Å². The first-order chi connectivity index (χ1) is 16.7. The first kappa shape index (κ1) is 29.8. The van der Waals surface area contributed by atoms with Gasteiger partial charge in [0.1, 0.15) is 12.6 Å². The van der Waals surface area contributed by atoms with Crippen molar-refractivity contribution in [1.29, 1.82) is 0 Å². The molecule has 10 heteroatoms. The van der Waals surface area contributed by atoms with Crippen LogP contribution in [0.1, 0.15) is 37.5 Å². The van der Waals surface area contributed by atoms with Gasteiger partial charge in [0.2, 0.25) is 11.8 Å². The molecule has 8 nitrogen and oxygen atoms in total. The highest BCUT2D eigenvalue weighted by Crippen LogP contribution is 2.26. The quantitative estimate of drug-likeness (QED) is 0.437. The number of carbonyl (C=O) groups is 2. The Bertz CT molecular complexity index is 1170. The summed E-state index contributed by atoms with van der Waals surface area (Å²) >= 11 is 3.41. The summed E-state index contributed by atoms with van der Waals surface area (Å²) in [6.07, 6.45) is 0. The average molecular weight is 582 g/mol. The molecule has 2 aromatic rings. The second-order valence-corrected chi connectivity index (χ2v) is 12.5. The number of amides is 2. The van der Waals surface area contributed by atoms with Crippen molar-refractivity contribution in [3.63, 3.8) is 0 Å². The summed E-state index contributed by atoms with van der Waals surface area (Å²) in [5, 5.41) is 2.88. The molecule has 0 fully saturated rings. The normalized spacial score (nSPS) is 12.5. The second-order valence-electron chi connectivity index (χ2n) is 9.55. The van der Waals surface area contributed by atoms with Crippen LogP contribution in [0.3, 0.4) is 0 Å². The van der Waals surface area contributed by atoms with E-state index in [1.54, 1.807) is 19.9 Å². The van der Waals surface area contributed by atoms with E-state index in [1.807, 2.05) is 57.2 Å². The molecule has 0 aliphatic carbocycles. The highest BCUT2D eigenvalue weighted by Gasteiger charge is 2.33. The molecule has 198 valence electrons. The van der Waals surface area contributed by atoms with Crippen LogP contribution in [0.25, 0.3) is 0 Å². The molecule has 0 aliphatic heterocycles. The van der Waals surface area contributed by atoms with Crippen LogP contribution in [-0.4, -0.2) is 62.7 Å². The number of anilines is 1. The molecule has 2 amide bonds. The van der Waals surface area contributed by atoms with Crippen molar-refractivity contribution in [2.75, 3.05) is 31.5 Å². The molecule has 0 bridgehead atoms. The molecule has 0 heterocycles. The van der Waals surface area contributed by atoms with Gasteiger partial charge in [0.05, 0.1) is 5.69 Å². The lowest BCUT2D eigenvalue weighted by molar-refractivity contribution is -0.139. The zero-order chi connectivity index (χ0) is 27.2. The van der Waals surface area contributed by atoms with E-state index in [9.17, 15) is 18.0 Å². The molecule has 0 saturated carbocycles. The molecule has 36 heavy (non-hydrogen) atoms. The number of rotatable bonds is 11. The van der Waals surface area contributed by atoms with Crippen molar-refractivity contribution in [3.05, 3.63) is 63.6 Å². The van der Waals surface area contributed by atoms with Gasteiger partial charge in [0.25, 0.3) is 0 Å². The van der Waals surface area contributed by atoms with Gasteiger partial charge < -0.3 is 10.2 Å². The molecule has 2 rings (SSSR count). The maximum absolute atomic E-state index is 13.8. The van der Waals surface area contributed by atoms with Crippen LogP contribution in [-0.2, 0) is 26.3 Å².